The normalized spacial score (nSPS) is 24.2. The highest BCUT2D eigenvalue weighted by Crippen LogP contribution is 2.19. The molecule has 2 heteroatoms. The Labute approximate surface area is 74.3 Å². The van der Waals surface area contributed by atoms with Crippen molar-refractivity contribution < 1.29 is 9.53 Å². The number of cyclic esters (lactones) is 1. The third kappa shape index (κ3) is 3.24. The predicted octanol–water partition coefficient (Wildman–Crippen LogP) is 2.52. The van der Waals surface area contributed by atoms with E-state index in [1.54, 1.807) is 0 Å². The lowest BCUT2D eigenvalue weighted by Crippen LogP contribution is -2.23. The average Bonchev–Trinajstić information content (AvgIpc) is 2.01. The number of rotatable bonds is 3. The Balaban J connectivity index is 2.18. The molecule has 0 amide bonds. The van der Waals surface area contributed by atoms with Gasteiger partial charge in [0.05, 0.1) is 0 Å². The Morgan fingerprint density at radius 1 is 1.58 bits per heavy atom. The van der Waals surface area contributed by atoms with Crippen LogP contribution in [0, 0.1) is 5.92 Å². The highest BCUT2D eigenvalue weighted by Gasteiger charge is 2.19. The van der Waals surface area contributed by atoms with Gasteiger partial charge in [-0.2, -0.15) is 0 Å². The number of hydrogen-bond acceptors (Lipinski definition) is 2. The largest absolute Gasteiger partial charge is 0.462 e. The minimum Gasteiger partial charge on any atom is -0.462 e. The molecule has 1 atom stereocenters. The molecule has 70 valence electrons. The molecule has 0 aromatic heterocycles. The zero-order valence-electron chi connectivity index (χ0n) is 8.01. The molecule has 0 N–H and O–H groups in total. The summed E-state index contributed by atoms with van der Waals surface area (Å²) in [5, 5.41) is 0. The van der Waals surface area contributed by atoms with Crippen LogP contribution in [0.4, 0.5) is 0 Å². The Morgan fingerprint density at radius 3 is 2.92 bits per heavy atom. The van der Waals surface area contributed by atoms with E-state index in [-0.39, 0.29) is 12.1 Å². The monoisotopic (exact) mass is 170 g/mol. The summed E-state index contributed by atoms with van der Waals surface area (Å²) in [6.45, 7) is 4.40. The highest BCUT2D eigenvalue weighted by atomic mass is 16.5. The van der Waals surface area contributed by atoms with Crippen molar-refractivity contribution >= 4 is 5.97 Å². The predicted molar refractivity (Wildman–Crippen MR) is 47.8 cm³/mol. The van der Waals surface area contributed by atoms with Crippen LogP contribution in [-0.4, -0.2) is 12.1 Å². The molecule has 0 aliphatic carbocycles. The maximum Gasteiger partial charge on any atom is 0.306 e. The van der Waals surface area contributed by atoms with E-state index in [0.717, 1.165) is 25.7 Å². The second kappa shape index (κ2) is 4.48. The zero-order valence-corrected chi connectivity index (χ0v) is 8.01. The van der Waals surface area contributed by atoms with Crippen LogP contribution in [0.3, 0.4) is 0 Å². The summed E-state index contributed by atoms with van der Waals surface area (Å²) in [7, 11) is 0. The smallest absolute Gasteiger partial charge is 0.306 e. The number of carbonyl (C=O) groups excluding carboxylic acids is 1. The van der Waals surface area contributed by atoms with Crippen LogP contribution < -0.4 is 0 Å². The van der Waals surface area contributed by atoms with Crippen molar-refractivity contribution in [2.75, 3.05) is 0 Å². The zero-order chi connectivity index (χ0) is 8.97. The lowest BCUT2D eigenvalue weighted by molar-refractivity contribution is -0.154. The van der Waals surface area contributed by atoms with Gasteiger partial charge in [0.1, 0.15) is 6.10 Å². The lowest BCUT2D eigenvalue weighted by atomic mass is 10.00. The minimum absolute atomic E-state index is 0.00462. The van der Waals surface area contributed by atoms with Crippen LogP contribution in [0.25, 0.3) is 0 Å². The van der Waals surface area contributed by atoms with E-state index in [1.165, 1.54) is 0 Å². The molecule has 1 unspecified atom stereocenters. The van der Waals surface area contributed by atoms with Crippen molar-refractivity contribution in [3.63, 3.8) is 0 Å². The fourth-order valence-corrected chi connectivity index (χ4v) is 1.50. The van der Waals surface area contributed by atoms with Gasteiger partial charge in [0.25, 0.3) is 0 Å². The van der Waals surface area contributed by atoms with Crippen LogP contribution in [0.15, 0.2) is 0 Å². The van der Waals surface area contributed by atoms with Gasteiger partial charge >= 0.3 is 5.97 Å². The maximum absolute atomic E-state index is 10.9. The van der Waals surface area contributed by atoms with Crippen LogP contribution in [0.2, 0.25) is 0 Å². The molecule has 0 spiro atoms. The quantitative estimate of drug-likeness (QED) is 0.608. The van der Waals surface area contributed by atoms with E-state index < -0.39 is 0 Å². The van der Waals surface area contributed by atoms with E-state index in [2.05, 4.69) is 13.8 Å². The first-order valence-corrected chi connectivity index (χ1v) is 4.88. The molecular formula is C10H18O2. The van der Waals surface area contributed by atoms with Crippen molar-refractivity contribution in [1.29, 1.82) is 0 Å². The molecular weight excluding hydrogens is 152 g/mol. The summed E-state index contributed by atoms with van der Waals surface area (Å²) in [5.74, 6) is 0.709. The standard InChI is InChI=1S/C10H18O2/c1-8(2)6-7-9-4-3-5-10(11)12-9/h8-9H,3-7H2,1-2H3. The highest BCUT2D eigenvalue weighted by molar-refractivity contribution is 5.70. The van der Waals surface area contributed by atoms with Crippen molar-refractivity contribution in [3.05, 3.63) is 0 Å². The van der Waals surface area contributed by atoms with E-state index >= 15 is 0 Å². The van der Waals surface area contributed by atoms with Gasteiger partial charge in [0.2, 0.25) is 0 Å². The van der Waals surface area contributed by atoms with E-state index in [1.807, 2.05) is 0 Å². The number of ether oxygens (including phenoxy) is 1. The van der Waals surface area contributed by atoms with Crippen LogP contribution in [0.5, 0.6) is 0 Å². The molecule has 1 aliphatic heterocycles. The summed E-state index contributed by atoms with van der Waals surface area (Å²) in [4.78, 5) is 10.9. The molecule has 1 saturated heterocycles. The number of carbonyl (C=O) groups is 1. The van der Waals surface area contributed by atoms with Crippen LogP contribution in [0.1, 0.15) is 46.0 Å². The molecule has 1 fully saturated rings. The topological polar surface area (TPSA) is 26.3 Å². The molecule has 1 rings (SSSR count). The van der Waals surface area contributed by atoms with Crippen molar-refractivity contribution in [1.82, 2.24) is 0 Å². The van der Waals surface area contributed by atoms with Gasteiger partial charge in [-0.3, -0.25) is 4.79 Å². The second-order valence-corrected chi connectivity index (χ2v) is 3.98. The summed E-state index contributed by atoms with van der Waals surface area (Å²) < 4.78 is 5.20. The Bertz CT molecular complexity index is 152. The van der Waals surface area contributed by atoms with Gasteiger partial charge in [-0.15, -0.1) is 0 Å². The van der Waals surface area contributed by atoms with E-state index in [0.29, 0.717) is 12.3 Å². The van der Waals surface area contributed by atoms with Crippen LogP contribution in [-0.2, 0) is 9.53 Å². The Morgan fingerprint density at radius 2 is 2.33 bits per heavy atom. The molecule has 0 aromatic carbocycles. The molecule has 2 nitrogen and oxygen atoms in total. The summed E-state index contributed by atoms with van der Waals surface area (Å²) in [6, 6.07) is 0. The lowest BCUT2D eigenvalue weighted by Gasteiger charge is -2.22. The molecule has 0 aromatic rings. The minimum atomic E-state index is -0.00462. The maximum atomic E-state index is 10.9. The third-order valence-electron chi connectivity index (χ3n) is 2.27. The molecule has 1 heterocycles. The average molecular weight is 170 g/mol. The Kier molecular flexibility index (Phi) is 3.57. The SMILES string of the molecule is CC(C)CCC1CCCC(=O)O1. The van der Waals surface area contributed by atoms with Crippen LogP contribution >= 0.6 is 0 Å². The second-order valence-electron chi connectivity index (χ2n) is 3.98. The van der Waals surface area contributed by atoms with Gasteiger partial charge in [0, 0.05) is 6.42 Å². The molecule has 12 heavy (non-hydrogen) atoms. The fourth-order valence-electron chi connectivity index (χ4n) is 1.50. The number of hydrogen-bond donors (Lipinski definition) is 0. The van der Waals surface area contributed by atoms with Gasteiger partial charge in [-0.25, -0.2) is 0 Å². The van der Waals surface area contributed by atoms with Gasteiger partial charge in [0.15, 0.2) is 0 Å². The molecule has 1 aliphatic rings. The van der Waals surface area contributed by atoms with E-state index in [9.17, 15) is 4.79 Å². The third-order valence-corrected chi connectivity index (χ3v) is 2.27. The summed E-state index contributed by atoms with van der Waals surface area (Å²) in [6.07, 6.45) is 5.13. The summed E-state index contributed by atoms with van der Waals surface area (Å²) >= 11 is 0. The van der Waals surface area contributed by atoms with Crippen molar-refractivity contribution in [2.45, 2.75) is 52.1 Å². The van der Waals surface area contributed by atoms with Gasteiger partial charge < -0.3 is 4.74 Å². The Hall–Kier alpha value is -0.530. The first kappa shape index (κ1) is 9.56. The summed E-state index contributed by atoms with van der Waals surface area (Å²) in [5.41, 5.74) is 0. The first-order chi connectivity index (χ1) is 5.68. The van der Waals surface area contributed by atoms with E-state index in [4.69, 9.17) is 4.74 Å². The van der Waals surface area contributed by atoms with Crippen molar-refractivity contribution in [2.24, 2.45) is 5.92 Å². The van der Waals surface area contributed by atoms with Crippen molar-refractivity contribution in [3.8, 4) is 0 Å². The molecule has 0 bridgehead atoms. The fraction of sp³-hybridized carbons (Fsp3) is 0.900. The van der Waals surface area contributed by atoms with Gasteiger partial charge in [-0.1, -0.05) is 13.8 Å². The molecule has 0 saturated carbocycles. The number of esters is 1. The first-order valence-electron chi connectivity index (χ1n) is 4.88. The molecule has 0 radical (unpaired) electrons. The van der Waals surface area contributed by atoms with Gasteiger partial charge in [-0.05, 0) is 31.6 Å².